The van der Waals surface area contributed by atoms with E-state index < -0.39 is 11.5 Å². The number of H-pyrrole nitrogens is 1. The summed E-state index contributed by atoms with van der Waals surface area (Å²) in [5.74, 6) is -1.28. The van der Waals surface area contributed by atoms with Crippen LogP contribution in [0.25, 0.3) is 0 Å². The molecule has 20 heavy (non-hydrogen) atoms. The summed E-state index contributed by atoms with van der Waals surface area (Å²) >= 11 is 0. The summed E-state index contributed by atoms with van der Waals surface area (Å²) < 4.78 is 0. The minimum atomic E-state index is -1.13. The first-order valence-corrected chi connectivity index (χ1v) is 6.77. The lowest BCUT2D eigenvalue weighted by atomic mass is 9.92. The van der Waals surface area contributed by atoms with Crippen molar-refractivity contribution in [2.45, 2.75) is 51.5 Å². The standard InChI is InChI=1S/C14H21N3O3/c1-13(2,3)10-8-9(15-16-10)11(18)17-7-5-6-14(17,4)12(19)20/h8H,5-7H2,1-4H3,(H,15,16)(H,19,20). The van der Waals surface area contributed by atoms with E-state index in [1.165, 1.54) is 4.90 Å². The summed E-state index contributed by atoms with van der Waals surface area (Å²) in [6.45, 7) is 8.11. The van der Waals surface area contributed by atoms with E-state index in [1.54, 1.807) is 13.0 Å². The van der Waals surface area contributed by atoms with Gasteiger partial charge < -0.3 is 10.0 Å². The highest BCUT2D eigenvalue weighted by molar-refractivity contribution is 5.96. The number of aromatic nitrogens is 2. The van der Waals surface area contributed by atoms with Gasteiger partial charge in [0.15, 0.2) is 0 Å². The van der Waals surface area contributed by atoms with Crippen LogP contribution in [0.15, 0.2) is 6.07 Å². The smallest absolute Gasteiger partial charge is 0.329 e. The number of hydrogen-bond donors (Lipinski definition) is 2. The Balaban J connectivity index is 2.28. The lowest BCUT2D eigenvalue weighted by Gasteiger charge is -2.30. The number of hydrogen-bond acceptors (Lipinski definition) is 3. The molecule has 1 saturated heterocycles. The van der Waals surface area contributed by atoms with Crippen LogP contribution in [-0.4, -0.2) is 44.2 Å². The fourth-order valence-corrected chi connectivity index (χ4v) is 2.46. The lowest BCUT2D eigenvalue weighted by Crippen LogP contribution is -2.50. The maximum absolute atomic E-state index is 12.5. The van der Waals surface area contributed by atoms with E-state index in [0.29, 0.717) is 19.4 Å². The molecule has 2 heterocycles. The molecule has 2 rings (SSSR count). The summed E-state index contributed by atoms with van der Waals surface area (Å²) in [5.41, 5.74) is -0.119. The van der Waals surface area contributed by atoms with E-state index in [-0.39, 0.29) is 17.0 Å². The molecule has 0 aromatic carbocycles. The average molecular weight is 279 g/mol. The number of likely N-dealkylation sites (tertiary alicyclic amines) is 1. The second-order valence-electron chi connectivity index (χ2n) is 6.56. The highest BCUT2D eigenvalue weighted by atomic mass is 16.4. The van der Waals surface area contributed by atoms with Crippen LogP contribution >= 0.6 is 0 Å². The molecule has 0 aliphatic carbocycles. The predicted molar refractivity (Wildman–Crippen MR) is 73.6 cm³/mol. The van der Waals surface area contributed by atoms with Crippen molar-refractivity contribution in [3.05, 3.63) is 17.5 Å². The highest BCUT2D eigenvalue weighted by Gasteiger charge is 2.46. The Morgan fingerprint density at radius 2 is 2.10 bits per heavy atom. The van der Waals surface area contributed by atoms with Crippen LogP contribution in [0.2, 0.25) is 0 Å². The van der Waals surface area contributed by atoms with Gasteiger partial charge in [0.1, 0.15) is 11.2 Å². The zero-order valence-corrected chi connectivity index (χ0v) is 12.4. The summed E-state index contributed by atoms with van der Waals surface area (Å²) in [5, 5.41) is 16.3. The normalized spacial score (nSPS) is 23.1. The van der Waals surface area contributed by atoms with Gasteiger partial charge in [-0.3, -0.25) is 9.89 Å². The minimum absolute atomic E-state index is 0.132. The fraction of sp³-hybridized carbons (Fsp3) is 0.643. The quantitative estimate of drug-likeness (QED) is 0.864. The molecule has 110 valence electrons. The number of rotatable bonds is 2. The van der Waals surface area contributed by atoms with E-state index in [2.05, 4.69) is 10.2 Å². The van der Waals surface area contributed by atoms with Gasteiger partial charge in [0.2, 0.25) is 0 Å². The molecule has 2 N–H and O–H groups in total. The third-order valence-electron chi connectivity index (χ3n) is 3.95. The summed E-state index contributed by atoms with van der Waals surface area (Å²) in [4.78, 5) is 25.3. The number of carbonyl (C=O) groups is 2. The fourth-order valence-electron chi connectivity index (χ4n) is 2.46. The Morgan fingerprint density at radius 1 is 1.45 bits per heavy atom. The Bertz CT molecular complexity index is 544. The number of carbonyl (C=O) groups excluding carboxylic acids is 1. The van der Waals surface area contributed by atoms with Crippen LogP contribution < -0.4 is 0 Å². The van der Waals surface area contributed by atoms with Crippen molar-refractivity contribution in [3.8, 4) is 0 Å². The molecule has 0 saturated carbocycles. The molecule has 0 radical (unpaired) electrons. The van der Waals surface area contributed by atoms with E-state index in [1.807, 2.05) is 20.8 Å². The van der Waals surface area contributed by atoms with Gasteiger partial charge in [-0.1, -0.05) is 20.8 Å². The van der Waals surface area contributed by atoms with Crippen molar-refractivity contribution in [1.82, 2.24) is 15.1 Å². The van der Waals surface area contributed by atoms with Gasteiger partial charge in [0, 0.05) is 17.7 Å². The molecule has 6 heteroatoms. The Labute approximate surface area is 118 Å². The number of aliphatic carboxylic acids is 1. The Hall–Kier alpha value is -1.85. The number of carboxylic acids is 1. The molecule has 6 nitrogen and oxygen atoms in total. The van der Waals surface area contributed by atoms with Gasteiger partial charge in [-0.15, -0.1) is 0 Å². The first kappa shape index (κ1) is 14.6. The van der Waals surface area contributed by atoms with Gasteiger partial charge >= 0.3 is 5.97 Å². The van der Waals surface area contributed by atoms with Gasteiger partial charge in [-0.2, -0.15) is 5.10 Å². The number of nitrogens with zero attached hydrogens (tertiary/aromatic N) is 2. The van der Waals surface area contributed by atoms with Gasteiger partial charge in [-0.25, -0.2) is 4.79 Å². The van der Waals surface area contributed by atoms with Crippen LogP contribution in [0.3, 0.4) is 0 Å². The van der Waals surface area contributed by atoms with E-state index >= 15 is 0 Å². The monoisotopic (exact) mass is 279 g/mol. The van der Waals surface area contributed by atoms with Crippen molar-refractivity contribution in [2.24, 2.45) is 0 Å². The third-order valence-corrected chi connectivity index (χ3v) is 3.95. The van der Waals surface area contributed by atoms with Crippen LogP contribution in [0.4, 0.5) is 0 Å². The van der Waals surface area contributed by atoms with Gasteiger partial charge in [0.05, 0.1) is 0 Å². The van der Waals surface area contributed by atoms with Gasteiger partial charge in [0.25, 0.3) is 5.91 Å². The number of nitrogens with one attached hydrogen (secondary N) is 1. The molecule has 1 aliphatic rings. The molecule has 1 fully saturated rings. The van der Waals surface area contributed by atoms with Crippen LogP contribution in [0, 0.1) is 0 Å². The van der Waals surface area contributed by atoms with Crippen molar-refractivity contribution in [3.63, 3.8) is 0 Å². The van der Waals surface area contributed by atoms with Crippen LogP contribution in [0.5, 0.6) is 0 Å². The van der Waals surface area contributed by atoms with Crippen molar-refractivity contribution < 1.29 is 14.7 Å². The zero-order chi connectivity index (χ0) is 15.1. The molecular formula is C14H21N3O3. The summed E-state index contributed by atoms with van der Waals surface area (Å²) in [7, 11) is 0. The highest BCUT2D eigenvalue weighted by Crippen LogP contribution is 2.31. The second kappa shape index (κ2) is 4.61. The number of aromatic amines is 1. The predicted octanol–water partition coefficient (Wildman–Crippen LogP) is 1.79. The Kier molecular flexibility index (Phi) is 3.36. The zero-order valence-electron chi connectivity index (χ0n) is 12.4. The van der Waals surface area contributed by atoms with Crippen molar-refractivity contribution in [1.29, 1.82) is 0 Å². The Morgan fingerprint density at radius 3 is 2.60 bits per heavy atom. The molecule has 0 spiro atoms. The van der Waals surface area contributed by atoms with Crippen LogP contribution in [-0.2, 0) is 10.2 Å². The van der Waals surface area contributed by atoms with Crippen molar-refractivity contribution in [2.75, 3.05) is 6.54 Å². The molecule has 1 atom stereocenters. The maximum Gasteiger partial charge on any atom is 0.329 e. The first-order chi connectivity index (χ1) is 9.16. The minimum Gasteiger partial charge on any atom is -0.480 e. The topological polar surface area (TPSA) is 86.3 Å². The molecule has 1 aromatic heterocycles. The van der Waals surface area contributed by atoms with E-state index in [0.717, 1.165) is 5.69 Å². The maximum atomic E-state index is 12.5. The molecule has 0 bridgehead atoms. The molecule has 1 aromatic rings. The SMILES string of the molecule is CC(C)(C)c1cc(C(=O)N2CCCC2(C)C(=O)O)n[nH]1. The number of carboxylic acid groups (broad SMARTS) is 1. The van der Waals surface area contributed by atoms with E-state index in [9.17, 15) is 14.7 Å². The average Bonchev–Trinajstić information content (AvgIpc) is 2.94. The lowest BCUT2D eigenvalue weighted by molar-refractivity contribution is -0.147. The molecule has 1 amide bonds. The molecule has 1 unspecified atom stereocenters. The van der Waals surface area contributed by atoms with Crippen LogP contribution in [0.1, 0.15) is 56.7 Å². The molecular weight excluding hydrogens is 258 g/mol. The van der Waals surface area contributed by atoms with Gasteiger partial charge in [-0.05, 0) is 25.8 Å². The largest absolute Gasteiger partial charge is 0.480 e. The third kappa shape index (κ3) is 2.30. The molecule has 1 aliphatic heterocycles. The van der Waals surface area contributed by atoms with E-state index in [4.69, 9.17) is 0 Å². The van der Waals surface area contributed by atoms with Crippen molar-refractivity contribution >= 4 is 11.9 Å². The first-order valence-electron chi connectivity index (χ1n) is 6.77. The second-order valence-corrected chi connectivity index (χ2v) is 6.56. The number of amides is 1. The summed E-state index contributed by atoms with van der Waals surface area (Å²) in [6, 6.07) is 1.71. The summed E-state index contributed by atoms with van der Waals surface area (Å²) in [6.07, 6.45) is 1.18.